The minimum absolute atomic E-state index is 0.0178. The summed E-state index contributed by atoms with van der Waals surface area (Å²) in [6.45, 7) is 0.741. The molecule has 1 aromatic heterocycles. The first-order valence-electron chi connectivity index (χ1n) is 5.23. The van der Waals surface area contributed by atoms with Gasteiger partial charge in [-0.15, -0.1) is 0 Å². The quantitative estimate of drug-likeness (QED) is 0.821. The molecule has 0 bridgehead atoms. The van der Waals surface area contributed by atoms with E-state index in [1.165, 1.54) is 0 Å². The van der Waals surface area contributed by atoms with E-state index in [-0.39, 0.29) is 11.7 Å². The lowest BCUT2D eigenvalue weighted by atomic mass is 10.2. The minimum atomic E-state index is -0.0395. The lowest BCUT2D eigenvalue weighted by molar-refractivity contribution is 0.0691. The van der Waals surface area contributed by atoms with Crippen LogP contribution < -0.4 is 5.56 Å². The largest absolute Gasteiger partial charge is 0.369 e. The zero-order chi connectivity index (χ0) is 11.0. The standard InChI is InChI=1S/C10H12N2O2S2/c13-10-6-3-16-4-7(6)11-9(12-10)8-5-15-2-1-14-8/h8H,1-5H2,(H,11,12,13). The average Bonchev–Trinajstić information content (AvgIpc) is 2.79. The molecule has 0 amide bonds. The maximum Gasteiger partial charge on any atom is 0.255 e. The Balaban J connectivity index is 1.96. The van der Waals surface area contributed by atoms with Gasteiger partial charge in [0.05, 0.1) is 12.3 Å². The lowest BCUT2D eigenvalue weighted by Crippen LogP contribution is -2.24. The van der Waals surface area contributed by atoms with Crippen molar-refractivity contribution >= 4 is 23.5 Å². The fourth-order valence-corrected chi connectivity index (χ4v) is 3.76. The first kappa shape index (κ1) is 10.7. The van der Waals surface area contributed by atoms with Gasteiger partial charge in [0.2, 0.25) is 0 Å². The molecule has 3 rings (SSSR count). The highest BCUT2D eigenvalue weighted by Gasteiger charge is 2.23. The Labute approximate surface area is 102 Å². The van der Waals surface area contributed by atoms with Crippen molar-refractivity contribution in [3.05, 3.63) is 27.4 Å². The first-order valence-corrected chi connectivity index (χ1v) is 7.54. The lowest BCUT2D eigenvalue weighted by Gasteiger charge is -2.21. The molecule has 0 aliphatic carbocycles. The van der Waals surface area contributed by atoms with E-state index >= 15 is 0 Å². The van der Waals surface area contributed by atoms with E-state index in [4.69, 9.17) is 4.74 Å². The Bertz CT molecular complexity index is 455. The summed E-state index contributed by atoms with van der Waals surface area (Å²) in [7, 11) is 0. The third-order valence-corrected chi connectivity index (χ3v) is 4.69. The number of ether oxygens (including phenoxy) is 1. The van der Waals surface area contributed by atoms with E-state index < -0.39 is 0 Å². The molecule has 1 saturated heterocycles. The van der Waals surface area contributed by atoms with Crippen LogP contribution in [0.2, 0.25) is 0 Å². The normalized spacial score (nSPS) is 24.4. The number of thioether (sulfide) groups is 2. The number of nitrogens with zero attached hydrogens (tertiary/aromatic N) is 1. The van der Waals surface area contributed by atoms with Crippen LogP contribution in [0.3, 0.4) is 0 Å². The van der Waals surface area contributed by atoms with E-state index in [1.54, 1.807) is 11.8 Å². The van der Waals surface area contributed by atoms with Gasteiger partial charge in [-0.05, 0) is 0 Å². The highest BCUT2D eigenvalue weighted by atomic mass is 32.2. The summed E-state index contributed by atoms with van der Waals surface area (Å²) >= 11 is 3.59. The fourth-order valence-electron chi connectivity index (χ4n) is 1.88. The molecule has 1 aromatic rings. The summed E-state index contributed by atoms with van der Waals surface area (Å²) in [4.78, 5) is 19.2. The highest BCUT2D eigenvalue weighted by Crippen LogP contribution is 2.28. The molecule has 2 aliphatic heterocycles. The molecule has 1 unspecified atom stereocenters. The van der Waals surface area contributed by atoms with Crippen LogP contribution in [0.5, 0.6) is 0 Å². The van der Waals surface area contributed by atoms with Gasteiger partial charge in [0.1, 0.15) is 11.9 Å². The van der Waals surface area contributed by atoms with E-state index in [0.29, 0.717) is 5.82 Å². The number of H-pyrrole nitrogens is 1. The molecule has 1 fully saturated rings. The summed E-state index contributed by atoms with van der Waals surface area (Å²) in [5, 5.41) is 0. The predicted molar refractivity (Wildman–Crippen MR) is 65.9 cm³/mol. The molecule has 1 atom stereocenters. The minimum Gasteiger partial charge on any atom is -0.369 e. The molecule has 3 heterocycles. The number of rotatable bonds is 1. The Hall–Kier alpha value is -0.460. The average molecular weight is 256 g/mol. The molecular formula is C10H12N2O2S2. The molecule has 0 radical (unpaired) electrons. The Kier molecular flexibility index (Phi) is 2.95. The number of aromatic amines is 1. The van der Waals surface area contributed by atoms with Crippen molar-refractivity contribution in [3.63, 3.8) is 0 Å². The third-order valence-electron chi connectivity index (χ3n) is 2.73. The molecule has 1 N–H and O–H groups in total. The summed E-state index contributed by atoms with van der Waals surface area (Å²) in [5.74, 6) is 4.26. The van der Waals surface area contributed by atoms with Crippen molar-refractivity contribution in [1.82, 2.24) is 9.97 Å². The Morgan fingerprint density at radius 1 is 1.38 bits per heavy atom. The van der Waals surface area contributed by atoms with E-state index in [1.807, 2.05) is 11.8 Å². The van der Waals surface area contributed by atoms with Crippen molar-refractivity contribution < 1.29 is 4.74 Å². The number of hydrogen-bond donors (Lipinski definition) is 1. The van der Waals surface area contributed by atoms with Gasteiger partial charge in [0.25, 0.3) is 5.56 Å². The second-order valence-electron chi connectivity index (χ2n) is 3.80. The van der Waals surface area contributed by atoms with Crippen molar-refractivity contribution in [2.24, 2.45) is 0 Å². The van der Waals surface area contributed by atoms with E-state index in [2.05, 4.69) is 9.97 Å². The van der Waals surface area contributed by atoms with Crippen molar-refractivity contribution in [2.75, 3.05) is 18.1 Å². The summed E-state index contributed by atoms with van der Waals surface area (Å²) in [6.07, 6.45) is -0.0395. The Morgan fingerprint density at radius 2 is 2.31 bits per heavy atom. The van der Waals surface area contributed by atoms with Gasteiger partial charge in [-0.25, -0.2) is 4.98 Å². The van der Waals surface area contributed by atoms with Crippen LogP contribution in [0.4, 0.5) is 0 Å². The van der Waals surface area contributed by atoms with Crippen molar-refractivity contribution in [1.29, 1.82) is 0 Å². The molecule has 2 aliphatic rings. The van der Waals surface area contributed by atoms with E-state index in [9.17, 15) is 4.79 Å². The van der Waals surface area contributed by atoms with Gasteiger partial charge in [-0.1, -0.05) is 0 Å². The SMILES string of the molecule is O=c1[nH]c(C2CSCCO2)nc2c1CSC2. The summed E-state index contributed by atoms with van der Waals surface area (Å²) in [5.41, 5.74) is 1.81. The second kappa shape index (κ2) is 4.43. The molecule has 6 heteroatoms. The molecular weight excluding hydrogens is 244 g/mol. The molecule has 4 nitrogen and oxygen atoms in total. The maximum atomic E-state index is 11.8. The van der Waals surface area contributed by atoms with Gasteiger partial charge in [-0.2, -0.15) is 23.5 Å². The molecule has 16 heavy (non-hydrogen) atoms. The predicted octanol–water partition coefficient (Wildman–Crippen LogP) is 1.32. The first-order chi connectivity index (χ1) is 7.84. The van der Waals surface area contributed by atoms with Gasteiger partial charge in [-0.3, -0.25) is 4.79 Å². The number of nitrogens with one attached hydrogen (secondary N) is 1. The van der Waals surface area contributed by atoms with Crippen LogP contribution >= 0.6 is 23.5 Å². The van der Waals surface area contributed by atoms with Gasteiger partial charge < -0.3 is 9.72 Å². The molecule has 0 saturated carbocycles. The van der Waals surface area contributed by atoms with Crippen LogP contribution in [0, 0.1) is 0 Å². The summed E-state index contributed by atoms with van der Waals surface area (Å²) < 4.78 is 5.62. The zero-order valence-corrected chi connectivity index (χ0v) is 10.3. The molecule has 0 spiro atoms. The Morgan fingerprint density at radius 3 is 3.12 bits per heavy atom. The highest BCUT2D eigenvalue weighted by molar-refractivity contribution is 7.99. The van der Waals surface area contributed by atoms with Crippen LogP contribution in [0.1, 0.15) is 23.2 Å². The summed E-state index contributed by atoms with van der Waals surface area (Å²) in [6, 6.07) is 0. The molecule has 0 aromatic carbocycles. The molecule has 86 valence electrons. The fraction of sp³-hybridized carbons (Fsp3) is 0.600. The van der Waals surface area contributed by atoms with Gasteiger partial charge in [0, 0.05) is 28.6 Å². The van der Waals surface area contributed by atoms with Crippen LogP contribution in [0.25, 0.3) is 0 Å². The monoisotopic (exact) mass is 256 g/mol. The van der Waals surface area contributed by atoms with E-state index in [0.717, 1.165) is 40.9 Å². The topological polar surface area (TPSA) is 55.0 Å². The van der Waals surface area contributed by atoms with Gasteiger partial charge >= 0.3 is 0 Å². The maximum absolute atomic E-state index is 11.8. The smallest absolute Gasteiger partial charge is 0.255 e. The van der Waals surface area contributed by atoms with Crippen molar-refractivity contribution in [3.8, 4) is 0 Å². The van der Waals surface area contributed by atoms with Crippen LogP contribution in [0.15, 0.2) is 4.79 Å². The van der Waals surface area contributed by atoms with Crippen LogP contribution in [-0.4, -0.2) is 28.1 Å². The third kappa shape index (κ3) is 1.89. The number of aromatic nitrogens is 2. The number of hydrogen-bond acceptors (Lipinski definition) is 5. The van der Waals surface area contributed by atoms with Gasteiger partial charge in [0.15, 0.2) is 0 Å². The zero-order valence-electron chi connectivity index (χ0n) is 8.69. The van der Waals surface area contributed by atoms with Crippen LogP contribution in [-0.2, 0) is 16.2 Å². The second-order valence-corrected chi connectivity index (χ2v) is 5.94. The number of fused-ring (bicyclic) bond motifs is 1. The van der Waals surface area contributed by atoms with Crippen molar-refractivity contribution in [2.45, 2.75) is 17.6 Å².